The molecule has 132 valence electrons. The predicted octanol–water partition coefficient (Wildman–Crippen LogP) is 2.01. The summed E-state index contributed by atoms with van der Waals surface area (Å²) in [7, 11) is -3.46. The van der Waals surface area contributed by atoms with Crippen LogP contribution < -0.4 is 14.2 Å². The highest BCUT2D eigenvalue weighted by atomic mass is 32.2. The largest absolute Gasteiger partial charge is 0.491 e. The van der Waals surface area contributed by atoms with Crippen LogP contribution in [-0.2, 0) is 10.0 Å². The predicted molar refractivity (Wildman–Crippen MR) is 93.6 cm³/mol. The number of ether oxygens (including phenoxy) is 2. The number of nitrogens with one attached hydrogen (secondary N) is 1. The lowest BCUT2D eigenvalue weighted by atomic mass is 9.98. The van der Waals surface area contributed by atoms with Gasteiger partial charge in [0, 0.05) is 18.5 Å². The van der Waals surface area contributed by atoms with Gasteiger partial charge in [-0.2, -0.15) is 0 Å². The quantitative estimate of drug-likeness (QED) is 0.876. The molecule has 7 nitrogen and oxygen atoms in total. The number of benzene rings is 1. The molecule has 0 spiro atoms. The molecule has 2 aliphatic heterocycles. The van der Waals surface area contributed by atoms with E-state index in [2.05, 4.69) is 14.6 Å². The summed E-state index contributed by atoms with van der Waals surface area (Å²) in [4.78, 5) is 6.45. The lowest BCUT2D eigenvalue weighted by Gasteiger charge is -2.34. The minimum Gasteiger partial charge on any atom is -0.491 e. The van der Waals surface area contributed by atoms with Crippen LogP contribution >= 0.6 is 0 Å². The molecule has 1 aromatic rings. The van der Waals surface area contributed by atoms with Crippen molar-refractivity contribution in [2.24, 2.45) is 4.99 Å². The van der Waals surface area contributed by atoms with E-state index in [-0.39, 0.29) is 12.1 Å². The molecule has 0 aromatic heterocycles. The summed E-state index contributed by atoms with van der Waals surface area (Å²) in [6.07, 6.45) is 3.75. The lowest BCUT2D eigenvalue weighted by molar-refractivity contribution is 0.207. The molecule has 8 heteroatoms. The van der Waals surface area contributed by atoms with Gasteiger partial charge in [0.2, 0.25) is 10.0 Å². The molecular weight excluding hydrogens is 330 g/mol. The summed E-state index contributed by atoms with van der Waals surface area (Å²) in [6.45, 7) is 5.96. The summed E-state index contributed by atoms with van der Waals surface area (Å²) in [6, 6.07) is 3.89. The fourth-order valence-electron chi connectivity index (χ4n) is 3.04. The second kappa shape index (κ2) is 6.51. The van der Waals surface area contributed by atoms with Crippen molar-refractivity contribution < 1.29 is 17.9 Å². The standard InChI is InChI=1S/C16H23N3O4S/c1-11(2)23-14-5-4-12-13(19-8-7-17-10-19)6-9-22-16(12)15(14)18-24(3,20)21/h4-5,10-11,13,18H,6-9H2,1-3H3. The van der Waals surface area contributed by atoms with E-state index in [4.69, 9.17) is 9.47 Å². The Balaban J connectivity index is 2.06. The van der Waals surface area contributed by atoms with E-state index in [0.717, 1.165) is 31.3 Å². The third-order valence-corrected chi connectivity index (χ3v) is 4.49. The number of nitrogens with zero attached hydrogens (tertiary/aromatic N) is 2. The van der Waals surface area contributed by atoms with Gasteiger partial charge >= 0.3 is 0 Å². The van der Waals surface area contributed by atoms with Crippen LogP contribution in [0.4, 0.5) is 5.69 Å². The number of hydrogen-bond donors (Lipinski definition) is 1. The Labute approximate surface area is 142 Å². The van der Waals surface area contributed by atoms with Crippen molar-refractivity contribution in [2.45, 2.75) is 32.4 Å². The van der Waals surface area contributed by atoms with E-state index in [1.165, 1.54) is 0 Å². The van der Waals surface area contributed by atoms with E-state index in [1.807, 2.05) is 26.3 Å². The zero-order valence-corrected chi connectivity index (χ0v) is 15.0. The van der Waals surface area contributed by atoms with E-state index in [0.29, 0.717) is 23.8 Å². The zero-order chi connectivity index (χ0) is 17.3. The molecule has 2 heterocycles. The zero-order valence-electron chi connectivity index (χ0n) is 14.2. The Morgan fingerprint density at radius 3 is 2.83 bits per heavy atom. The van der Waals surface area contributed by atoms with Gasteiger partial charge in [-0.1, -0.05) is 0 Å². The maximum atomic E-state index is 11.8. The molecule has 24 heavy (non-hydrogen) atoms. The average Bonchev–Trinajstić information content (AvgIpc) is 3.01. The molecule has 3 rings (SSSR count). The minimum absolute atomic E-state index is 0.0757. The van der Waals surface area contributed by atoms with Crippen LogP contribution in [0.5, 0.6) is 11.5 Å². The fraction of sp³-hybridized carbons (Fsp3) is 0.562. The topological polar surface area (TPSA) is 80.2 Å². The number of fused-ring (bicyclic) bond motifs is 1. The summed E-state index contributed by atoms with van der Waals surface area (Å²) in [5.74, 6) is 1.03. The van der Waals surface area contributed by atoms with Crippen LogP contribution in [0, 0.1) is 0 Å². The van der Waals surface area contributed by atoms with Gasteiger partial charge in [-0.15, -0.1) is 0 Å². The number of hydrogen-bond acceptors (Lipinski definition) is 6. The molecule has 0 amide bonds. The average molecular weight is 353 g/mol. The van der Waals surface area contributed by atoms with Gasteiger partial charge in [-0.3, -0.25) is 9.71 Å². The Hall–Kier alpha value is -1.96. The maximum Gasteiger partial charge on any atom is 0.230 e. The smallest absolute Gasteiger partial charge is 0.230 e. The van der Waals surface area contributed by atoms with Crippen LogP contribution in [0.25, 0.3) is 0 Å². The molecule has 0 saturated carbocycles. The lowest BCUT2D eigenvalue weighted by Crippen LogP contribution is -2.31. The Bertz CT molecular complexity index is 746. The molecule has 1 unspecified atom stereocenters. The first-order valence-corrected chi connectivity index (χ1v) is 9.94. The third-order valence-electron chi connectivity index (χ3n) is 3.91. The van der Waals surface area contributed by atoms with Crippen molar-refractivity contribution >= 4 is 22.0 Å². The monoisotopic (exact) mass is 353 g/mol. The number of anilines is 1. The third kappa shape index (κ3) is 3.58. The minimum atomic E-state index is -3.46. The van der Waals surface area contributed by atoms with Crippen molar-refractivity contribution in [1.82, 2.24) is 4.90 Å². The molecule has 1 N–H and O–H groups in total. The Morgan fingerprint density at radius 2 is 2.21 bits per heavy atom. The Kier molecular flexibility index (Phi) is 4.58. The van der Waals surface area contributed by atoms with E-state index >= 15 is 0 Å². The van der Waals surface area contributed by atoms with Gasteiger partial charge in [0.25, 0.3) is 0 Å². The molecule has 2 aliphatic rings. The first-order chi connectivity index (χ1) is 11.3. The number of aliphatic imine (C=N–C) groups is 1. The van der Waals surface area contributed by atoms with Gasteiger partial charge in [-0.25, -0.2) is 8.42 Å². The van der Waals surface area contributed by atoms with Crippen LogP contribution in [-0.4, -0.2) is 51.7 Å². The molecule has 0 bridgehead atoms. The highest BCUT2D eigenvalue weighted by molar-refractivity contribution is 7.92. The van der Waals surface area contributed by atoms with Crippen molar-refractivity contribution in [2.75, 3.05) is 30.7 Å². The fourth-order valence-corrected chi connectivity index (χ4v) is 3.60. The highest BCUT2D eigenvalue weighted by Gasteiger charge is 2.31. The molecule has 1 aromatic carbocycles. The second-order valence-corrected chi connectivity index (χ2v) is 8.06. The van der Waals surface area contributed by atoms with Gasteiger partial charge in [-0.05, 0) is 26.0 Å². The van der Waals surface area contributed by atoms with Gasteiger partial charge < -0.3 is 14.4 Å². The number of rotatable bonds is 5. The van der Waals surface area contributed by atoms with Gasteiger partial charge in [0.15, 0.2) is 5.75 Å². The maximum absolute atomic E-state index is 11.8. The van der Waals surface area contributed by atoms with Crippen molar-refractivity contribution in [3.63, 3.8) is 0 Å². The Morgan fingerprint density at radius 1 is 1.42 bits per heavy atom. The van der Waals surface area contributed by atoms with Crippen LogP contribution in [0.15, 0.2) is 17.1 Å². The van der Waals surface area contributed by atoms with Crippen molar-refractivity contribution in [1.29, 1.82) is 0 Å². The van der Waals surface area contributed by atoms with Crippen LogP contribution in [0.2, 0.25) is 0 Å². The normalized spacial score (nSPS) is 20.0. The van der Waals surface area contributed by atoms with Gasteiger partial charge in [0.1, 0.15) is 11.4 Å². The second-order valence-electron chi connectivity index (χ2n) is 6.31. The summed E-state index contributed by atoms with van der Waals surface area (Å²) in [5, 5.41) is 0. The van der Waals surface area contributed by atoms with Gasteiger partial charge in [0.05, 0.1) is 37.9 Å². The van der Waals surface area contributed by atoms with Crippen molar-refractivity contribution in [3.8, 4) is 11.5 Å². The molecule has 0 aliphatic carbocycles. The molecular formula is C16H23N3O4S. The first-order valence-electron chi connectivity index (χ1n) is 8.05. The van der Waals surface area contributed by atoms with Crippen LogP contribution in [0.3, 0.4) is 0 Å². The number of sulfonamides is 1. The summed E-state index contributed by atoms with van der Waals surface area (Å²) in [5.41, 5.74) is 1.33. The highest BCUT2D eigenvalue weighted by Crippen LogP contribution is 2.46. The summed E-state index contributed by atoms with van der Waals surface area (Å²) >= 11 is 0. The van der Waals surface area contributed by atoms with Crippen molar-refractivity contribution in [3.05, 3.63) is 17.7 Å². The van der Waals surface area contributed by atoms with E-state index < -0.39 is 10.0 Å². The van der Waals surface area contributed by atoms with Crippen LogP contribution in [0.1, 0.15) is 31.9 Å². The van der Waals surface area contributed by atoms with E-state index in [9.17, 15) is 8.42 Å². The molecule has 0 saturated heterocycles. The summed E-state index contributed by atoms with van der Waals surface area (Å²) < 4.78 is 37.8. The molecule has 1 atom stereocenters. The molecule has 0 radical (unpaired) electrons. The first kappa shape index (κ1) is 16.9. The SMILES string of the molecule is CC(C)Oc1ccc2c(c1NS(C)(=O)=O)OCCC2N1C=NCC1. The molecule has 0 fully saturated rings. The van der Waals surface area contributed by atoms with E-state index in [1.54, 1.807) is 6.07 Å².